The molecular formula is C85H58N2. The zero-order chi connectivity index (χ0) is 57.7. The van der Waals surface area contributed by atoms with Crippen LogP contribution in [0.1, 0.15) is 22.3 Å². The fourth-order valence-corrected chi connectivity index (χ4v) is 13.8. The maximum Gasteiger partial charge on any atom is 0.0714 e. The van der Waals surface area contributed by atoms with Crippen LogP contribution in [0, 0.1) is 0 Å². The van der Waals surface area contributed by atoms with Crippen LogP contribution < -0.4 is 4.90 Å². The van der Waals surface area contributed by atoms with E-state index in [1.54, 1.807) is 0 Å². The number of hydrogen-bond acceptors (Lipinski definition) is 1. The second-order valence-corrected chi connectivity index (χ2v) is 22.8. The molecule has 0 saturated heterocycles. The number of nitrogens with zero attached hydrogens (tertiary/aromatic N) is 2. The molecule has 16 rings (SSSR count). The summed E-state index contributed by atoms with van der Waals surface area (Å²) in [5.74, 6) is 0. The van der Waals surface area contributed by atoms with Crippen LogP contribution in [0.25, 0.3) is 105 Å². The number of hydrogen-bond donors (Lipinski definition) is 0. The highest BCUT2D eigenvalue weighted by Gasteiger charge is 2.46. The van der Waals surface area contributed by atoms with E-state index in [4.69, 9.17) is 0 Å². The lowest BCUT2D eigenvalue weighted by Crippen LogP contribution is -2.28. The van der Waals surface area contributed by atoms with Gasteiger partial charge >= 0.3 is 0 Å². The van der Waals surface area contributed by atoms with Gasteiger partial charge in [0.1, 0.15) is 0 Å². The molecule has 0 fully saturated rings. The van der Waals surface area contributed by atoms with Crippen molar-refractivity contribution in [2.24, 2.45) is 0 Å². The van der Waals surface area contributed by atoms with Gasteiger partial charge in [-0.15, -0.1) is 0 Å². The molecule has 0 amide bonds. The second-order valence-electron chi connectivity index (χ2n) is 22.8. The monoisotopic (exact) mass is 1110 g/mol. The number of aromatic nitrogens is 1. The van der Waals surface area contributed by atoms with E-state index in [1.165, 1.54) is 94.1 Å². The van der Waals surface area contributed by atoms with Gasteiger partial charge in [0, 0.05) is 33.4 Å². The molecule has 408 valence electrons. The molecule has 2 heteroatoms. The zero-order valence-electron chi connectivity index (χ0n) is 47.9. The van der Waals surface area contributed by atoms with Gasteiger partial charge in [-0.3, -0.25) is 0 Å². The molecule has 2 nitrogen and oxygen atoms in total. The van der Waals surface area contributed by atoms with Crippen molar-refractivity contribution in [2.75, 3.05) is 4.90 Å². The van der Waals surface area contributed by atoms with Crippen molar-refractivity contribution in [1.29, 1.82) is 0 Å². The predicted octanol–water partition coefficient (Wildman–Crippen LogP) is 22.6. The van der Waals surface area contributed by atoms with Gasteiger partial charge in [0.05, 0.1) is 22.1 Å². The molecule has 1 aliphatic rings. The maximum atomic E-state index is 2.48. The Morgan fingerprint density at radius 3 is 1.09 bits per heavy atom. The van der Waals surface area contributed by atoms with Crippen LogP contribution in [-0.4, -0.2) is 4.57 Å². The second kappa shape index (κ2) is 21.7. The molecule has 0 atom stereocenters. The first-order valence-electron chi connectivity index (χ1n) is 30.0. The summed E-state index contributed by atoms with van der Waals surface area (Å²) in [6, 6.07) is 129. The van der Waals surface area contributed by atoms with E-state index in [2.05, 4.69) is 361 Å². The summed E-state index contributed by atoms with van der Waals surface area (Å²) in [5.41, 5.74) is 27.8. The Morgan fingerprint density at radius 1 is 0.230 bits per heavy atom. The molecule has 0 N–H and O–H groups in total. The lowest BCUT2D eigenvalue weighted by molar-refractivity contribution is 0.768. The fraction of sp³-hybridized carbons (Fsp3) is 0.0118. The Kier molecular flexibility index (Phi) is 12.8. The summed E-state index contributed by atoms with van der Waals surface area (Å²) in [6.07, 6.45) is 0. The average molecular weight is 1110 g/mol. The van der Waals surface area contributed by atoms with Crippen molar-refractivity contribution < 1.29 is 0 Å². The highest BCUT2D eigenvalue weighted by Crippen LogP contribution is 2.58. The van der Waals surface area contributed by atoms with Crippen molar-refractivity contribution in [1.82, 2.24) is 4.57 Å². The van der Waals surface area contributed by atoms with Crippen molar-refractivity contribution in [3.8, 4) is 83.6 Å². The van der Waals surface area contributed by atoms with Crippen LogP contribution in [-0.2, 0) is 5.41 Å². The van der Waals surface area contributed by atoms with Gasteiger partial charge < -0.3 is 9.47 Å². The van der Waals surface area contributed by atoms with Crippen LogP contribution in [0.3, 0.4) is 0 Å². The summed E-state index contributed by atoms with van der Waals surface area (Å²) in [7, 11) is 0. The third-order valence-corrected chi connectivity index (χ3v) is 17.9. The van der Waals surface area contributed by atoms with Crippen LogP contribution in [0.2, 0.25) is 0 Å². The predicted molar refractivity (Wildman–Crippen MR) is 365 cm³/mol. The van der Waals surface area contributed by atoms with E-state index in [-0.39, 0.29) is 0 Å². The van der Waals surface area contributed by atoms with Crippen molar-refractivity contribution in [3.63, 3.8) is 0 Å². The van der Waals surface area contributed by atoms with Gasteiger partial charge in [-0.1, -0.05) is 285 Å². The van der Waals surface area contributed by atoms with Gasteiger partial charge in [-0.2, -0.15) is 0 Å². The molecular weight excluding hydrogens is 1050 g/mol. The molecule has 15 aromatic rings. The first-order valence-corrected chi connectivity index (χ1v) is 30.0. The Hall–Kier alpha value is -11.3. The summed E-state index contributed by atoms with van der Waals surface area (Å²) in [6.45, 7) is 0. The van der Waals surface area contributed by atoms with Gasteiger partial charge in [-0.25, -0.2) is 0 Å². The van der Waals surface area contributed by atoms with Crippen LogP contribution in [0.5, 0.6) is 0 Å². The third kappa shape index (κ3) is 8.97. The minimum absolute atomic E-state index is 0.559. The Bertz CT molecular complexity index is 4820. The molecule has 1 aliphatic carbocycles. The third-order valence-electron chi connectivity index (χ3n) is 17.9. The Labute approximate surface area is 508 Å². The summed E-state index contributed by atoms with van der Waals surface area (Å²) < 4.78 is 2.42. The van der Waals surface area contributed by atoms with Crippen molar-refractivity contribution >= 4 is 38.9 Å². The molecule has 14 aromatic carbocycles. The van der Waals surface area contributed by atoms with E-state index in [0.717, 1.165) is 50.6 Å². The first-order chi connectivity index (χ1) is 43.1. The minimum Gasteiger partial charge on any atom is -0.310 e. The van der Waals surface area contributed by atoms with Crippen LogP contribution in [0.15, 0.2) is 352 Å². The van der Waals surface area contributed by atoms with E-state index < -0.39 is 5.41 Å². The molecule has 1 heterocycles. The lowest BCUT2D eigenvalue weighted by Gasteiger charge is -2.35. The molecule has 0 spiro atoms. The molecule has 0 bridgehead atoms. The zero-order valence-corrected chi connectivity index (χ0v) is 47.9. The SMILES string of the molecule is c1ccc(-c2ccc(-c3ccccc3)c(N(c3ccc(-c4ccc(-c5ccc(-n6c7ccc(-c8ccccc8)cc7c7cc(-c8ccccc8)ccc76)cc5)cc4)cc3)c3ccc4c(c3)C(c3ccccc3)(c3ccccc3)c3ccccc3-4)c2)cc1. The Morgan fingerprint density at radius 2 is 0.586 bits per heavy atom. The molecule has 87 heavy (non-hydrogen) atoms. The Balaban J connectivity index is 0.778. The number of rotatable bonds is 12. The molecule has 0 radical (unpaired) electrons. The van der Waals surface area contributed by atoms with Gasteiger partial charge in [-0.05, 0) is 161 Å². The molecule has 0 saturated carbocycles. The summed E-state index contributed by atoms with van der Waals surface area (Å²) >= 11 is 0. The van der Waals surface area contributed by atoms with Crippen molar-refractivity contribution in [3.05, 3.63) is 374 Å². The smallest absolute Gasteiger partial charge is 0.0714 e. The van der Waals surface area contributed by atoms with Gasteiger partial charge in [0.15, 0.2) is 0 Å². The standard InChI is InChI=1S/C85H58N2/c1-7-21-59(22-8-1)67-44-53-82-78(55-67)79-56-68(60-23-9-2-10-24-60)45-54-83(79)87(82)73-48-41-65(42-49-73)63-37-35-62(36-38-63)64-39-46-72(47-40-64)86(84-57-69(61-25-11-3-12-26-61)43-51-75(84)66-27-13-4-14-28-66)74-50-52-77-76-33-19-20-34-80(76)85(81(77)58-74,70-29-15-5-16-30-70)71-31-17-6-18-32-71/h1-58H. The van der Waals surface area contributed by atoms with Crippen LogP contribution in [0.4, 0.5) is 17.1 Å². The van der Waals surface area contributed by atoms with E-state index in [0.29, 0.717) is 0 Å². The van der Waals surface area contributed by atoms with E-state index >= 15 is 0 Å². The summed E-state index contributed by atoms with van der Waals surface area (Å²) in [5, 5.41) is 2.48. The minimum atomic E-state index is -0.559. The van der Waals surface area contributed by atoms with Crippen molar-refractivity contribution in [2.45, 2.75) is 5.41 Å². The van der Waals surface area contributed by atoms with Gasteiger partial charge in [0.2, 0.25) is 0 Å². The normalized spacial score (nSPS) is 12.2. The average Bonchev–Trinajstić information content (AvgIpc) is 1.59. The van der Waals surface area contributed by atoms with Gasteiger partial charge in [0.25, 0.3) is 0 Å². The maximum absolute atomic E-state index is 2.48. The van der Waals surface area contributed by atoms with E-state index in [9.17, 15) is 0 Å². The summed E-state index contributed by atoms with van der Waals surface area (Å²) in [4.78, 5) is 2.48. The molecule has 0 unspecified atom stereocenters. The number of anilines is 3. The quantitative estimate of drug-likeness (QED) is 0.118. The highest BCUT2D eigenvalue weighted by atomic mass is 15.1. The van der Waals surface area contributed by atoms with E-state index in [1.807, 2.05) is 0 Å². The number of benzene rings is 14. The number of fused-ring (bicyclic) bond motifs is 6. The lowest BCUT2D eigenvalue weighted by atomic mass is 9.67. The topological polar surface area (TPSA) is 8.17 Å². The first kappa shape index (κ1) is 51.3. The molecule has 0 aliphatic heterocycles. The van der Waals surface area contributed by atoms with Crippen LogP contribution >= 0.6 is 0 Å². The highest BCUT2D eigenvalue weighted by molar-refractivity contribution is 6.12. The molecule has 1 aromatic heterocycles. The largest absolute Gasteiger partial charge is 0.310 e. The fourth-order valence-electron chi connectivity index (χ4n) is 13.8.